The third kappa shape index (κ3) is 2.07. The number of aromatic nitrogens is 2. The lowest BCUT2D eigenvalue weighted by atomic mass is 10.4. The van der Waals surface area contributed by atoms with Crippen molar-refractivity contribution in [1.29, 1.82) is 0 Å². The summed E-state index contributed by atoms with van der Waals surface area (Å²) in [6, 6.07) is 1.64. The fourth-order valence-electron chi connectivity index (χ4n) is 0.716. The molecule has 4 heteroatoms. The highest BCUT2D eigenvalue weighted by Crippen LogP contribution is 1.89. The van der Waals surface area contributed by atoms with Gasteiger partial charge in [-0.15, -0.1) is 0 Å². The van der Waals surface area contributed by atoms with Crippen LogP contribution in [-0.4, -0.2) is 22.6 Å². The molecule has 0 radical (unpaired) electrons. The van der Waals surface area contributed by atoms with Crippen LogP contribution in [0.4, 0.5) is 0 Å². The summed E-state index contributed by atoms with van der Waals surface area (Å²) in [7, 11) is 0. The summed E-state index contributed by atoms with van der Waals surface area (Å²) >= 11 is 0. The first-order chi connectivity index (χ1) is 5.34. The highest BCUT2D eigenvalue weighted by atomic mass is 16.1. The normalized spacial score (nSPS) is 9.55. The zero-order valence-electron chi connectivity index (χ0n) is 6.42. The molecular formula is C7H11N3O. The van der Waals surface area contributed by atoms with Crippen molar-refractivity contribution in [1.82, 2.24) is 15.5 Å². The van der Waals surface area contributed by atoms with Crippen molar-refractivity contribution >= 4 is 5.91 Å². The molecule has 0 atom stereocenters. The molecule has 1 rings (SSSR count). The Morgan fingerprint density at radius 3 is 3.18 bits per heavy atom. The highest BCUT2D eigenvalue weighted by Gasteiger charge is 2.03. The van der Waals surface area contributed by atoms with Crippen molar-refractivity contribution in [3.05, 3.63) is 18.0 Å². The van der Waals surface area contributed by atoms with E-state index in [2.05, 4.69) is 15.5 Å². The van der Waals surface area contributed by atoms with Gasteiger partial charge in [0.15, 0.2) is 0 Å². The quantitative estimate of drug-likeness (QED) is 0.666. The Labute approximate surface area is 65.0 Å². The van der Waals surface area contributed by atoms with Gasteiger partial charge in [0.05, 0.1) is 0 Å². The Kier molecular flexibility index (Phi) is 2.66. The van der Waals surface area contributed by atoms with E-state index < -0.39 is 0 Å². The molecule has 60 valence electrons. The second kappa shape index (κ2) is 3.75. The largest absolute Gasteiger partial charge is 0.351 e. The van der Waals surface area contributed by atoms with Gasteiger partial charge in [-0.05, 0) is 12.5 Å². The molecule has 0 aromatic carbocycles. The van der Waals surface area contributed by atoms with E-state index in [1.807, 2.05) is 6.92 Å². The Balaban J connectivity index is 2.43. The molecule has 0 saturated carbocycles. The summed E-state index contributed by atoms with van der Waals surface area (Å²) in [5.74, 6) is -0.0932. The maximum absolute atomic E-state index is 11.1. The number of hydrogen-bond acceptors (Lipinski definition) is 2. The van der Waals surface area contributed by atoms with Crippen LogP contribution in [0.15, 0.2) is 12.3 Å². The van der Waals surface area contributed by atoms with Crippen LogP contribution in [0, 0.1) is 0 Å². The van der Waals surface area contributed by atoms with Crippen molar-refractivity contribution in [2.75, 3.05) is 6.54 Å². The van der Waals surface area contributed by atoms with Crippen LogP contribution in [0.1, 0.15) is 23.8 Å². The molecule has 0 bridgehead atoms. The van der Waals surface area contributed by atoms with E-state index in [1.54, 1.807) is 12.3 Å². The van der Waals surface area contributed by atoms with Gasteiger partial charge in [-0.25, -0.2) is 0 Å². The summed E-state index contributed by atoms with van der Waals surface area (Å²) in [5.41, 5.74) is 0.512. The minimum atomic E-state index is -0.0932. The minimum Gasteiger partial charge on any atom is -0.351 e. The molecule has 1 aromatic heterocycles. The van der Waals surface area contributed by atoms with E-state index in [1.165, 1.54) is 0 Å². The predicted octanol–water partition coefficient (Wildman–Crippen LogP) is 0.549. The minimum absolute atomic E-state index is 0.0932. The van der Waals surface area contributed by atoms with Crippen molar-refractivity contribution in [3.63, 3.8) is 0 Å². The van der Waals surface area contributed by atoms with Crippen molar-refractivity contribution < 1.29 is 4.79 Å². The van der Waals surface area contributed by atoms with E-state index in [9.17, 15) is 4.79 Å². The average Bonchev–Trinajstić information content (AvgIpc) is 2.52. The van der Waals surface area contributed by atoms with Crippen LogP contribution in [0.3, 0.4) is 0 Å². The third-order valence-corrected chi connectivity index (χ3v) is 1.28. The Morgan fingerprint density at radius 2 is 2.64 bits per heavy atom. The Bertz CT molecular complexity index is 218. The number of nitrogens with one attached hydrogen (secondary N) is 2. The van der Waals surface area contributed by atoms with Crippen LogP contribution >= 0.6 is 0 Å². The fourth-order valence-corrected chi connectivity index (χ4v) is 0.716. The predicted molar refractivity (Wildman–Crippen MR) is 41.2 cm³/mol. The second-order valence-corrected chi connectivity index (χ2v) is 2.23. The molecular weight excluding hydrogens is 142 g/mol. The number of amides is 1. The van der Waals surface area contributed by atoms with E-state index in [4.69, 9.17) is 0 Å². The molecule has 0 spiro atoms. The summed E-state index contributed by atoms with van der Waals surface area (Å²) < 4.78 is 0. The molecule has 11 heavy (non-hydrogen) atoms. The van der Waals surface area contributed by atoms with Crippen LogP contribution < -0.4 is 5.32 Å². The molecule has 4 nitrogen and oxygen atoms in total. The maximum Gasteiger partial charge on any atom is 0.269 e. The summed E-state index contributed by atoms with van der Waals surface area (Å²) in [6.45, 7) is 2.71. The van der Waals surface area contributed by atoms with Crippen molar-refractivity contribution in [2.45, 2.75) is 13.3 Å². The fraction of sp³-hybridized carbons (Fsp3) is 0.429. The lowest BCUT2D eigenvalue weighted by Crippen LogP contribution is -2.24. The average molecular weight is 153 g/mol. The van der Waals surface area contributed by atoms with Gasteiger partial charge in [-0.3, -0.25) is 9.89 Å². The van der Waals surface area contributed by atoms with Gasteiger partial charge < -0.3 is 5.32 Å². The van der Waals surface area contributed by atoms with Gasteiger partial charge in [0.1, 0.15) is 5.69 Å². The smallest absolute Gasteiger partial charge is 0.269 e. The number of carbonyl (C=O) groups excluding carboxylic acids is 1. The van der Waals surface area contributed by atoms with Crippen LogP contribution in [0.2, 0.25) is 0 Å². The SMILES string of the molecule is CCCNC(=O)c1ccn[nH]1. The second-order valence-electron chi connectivity index (χ2n) is 2.23. The number of rotatable bonds is 3. The Hall–Kier alpha value is -1.32. The summed E-state index contributed by atoms with van der Waals surface area (Å²) in [5, 5.41) is 8.97. The molecule has 1 heterocycles. The van der Waals surface area contributed by atoms with E-state index in [0.29, 0.717) is 12.2 Å². The summed E-state index contributed by atoms with van der Waals surface area (Å²) in [4.78, 5) is 11.1. The Morgan fingerprint density at radius 1 is 1.82 bits per heavy atom. The molecule has 0 aliphatic heterocycles. The van der Waals surface area contributed by atoms with Gasteiger partial charge >= 0.3 is 0 Å². The van der Waals surface area contributed by atoms with Gasteiger partial charge in [0.25, 0.3) is 5.91 Å². The third-order valence-electron chi connectivity index (χ3n) is 1.28. The number of carbonyl (C=O) groups is 1. The lowest BCUT2D eigenvalue weighted by molar-refractivity contribution is 0.0948. The molecule has 0 fully saturated rings. The number of nitrogens with zero attached hydrogens (tertiary/aromatic N) is 1. The van der Waals surface area contributed by atoms with Gasteiger partial charge in [-0.2, -0.15) is 5.10 Å². The first kappa shape index (κ1) is 7.78. The zero-order valence-corrected chi connectivity index (χ0v) is 6.42. The standard InChI is InChI=1S/C7H11N3O/c1-2-4-8-7(11)6-3-5-9-10-6/h3,5H,2,4H2,1H3,(H,8,11)(H,9,10). The van der Waals surface area contributed by atoms with Gasteiger partial charge in [0, 0.05) is 12.7 Å². The molecule has 0 aliphatic rings. The highest BCUT2D eigenvalue weighted by molar-refractivity contribution is 5.91. The van der Waals surface area contributed by atoms with E-state index >= 15 is 0 Å². The molecule has 1 amide bonds. The molecule has 1 aromatic rings. The lowest BCUT2D eigenvalue weighted by Gasteiger charge is -1.98. The molecule has 0 aliphatic carbocycles. The van der Waals surface area contributed by atoms with Gasteiger partial charge in [-0.1, -0.05) is 6.92 Å². The number of aromatic amines is 1. The molecule has 0 saturated heterocycles. The zero-order chi connectivity index (χ0) is 8.10. The maximum atomic E-state index is 11.1. The van der Waals surface area contributed by atoms with Gasteiger partial charge in [0.2, 0.25) is 0 Å². The topological polar surface area (TPSA) is 57.8 Å². The monoisotopic (exact) mass is 153 g/mol. The van der Waals surface area contributed by atoms with E-state index in [-0.39, 0.29) is 5.91 Å². The summed E-state index contributed by atoms with van der Waals surface area (Å²) in [6.07, 6.45) is 2.50. The number of H-pyrrole nitrogens is 1. The van der Waals surface area contributed by atoms with Crippen molar-refractivity contribution in [3.8, 4) is 0 Å². The first-order valence-electron chi connectivity index (χ1n) is 3.62. The van der Waals surface area contributed by atoms with E-state index in [0.717, 1.165) is 6.42 Å². The van der Waals surface area contributed by atoms with Crippen LogP contribution in [0.5, 0.6) is 0 Å². The number of hydrogen-bond donors (Lipinski definition) is 2. The van der Waals surface area contributed by atoms with Crippen LogP contribution in [-0.2, 0) is 0 Å². The molecule has 0 unspecified atom stereocenters. The molecule has 2 N–H and O–H groups in total. The van der Waals surface area contributed by atoms with Crippen molar-refractivity contribution in [2.24, 2.45) is 0 Å². The first-order valence-corrected chi connectivity index (χ1v) is 3.62. The van der Waals surface area contributed by atoms with Crippen LogP contribution in [0.25, 0.3) is 0 Å².